The molecule has 5 nitrogen and oxygen atoms in total. The summed E-state index contributed by atoms with van der Waals surface area (Å²) in [7, 11) is 1.43. The van der Waals surface area contributed by atoms with Crippen molar-refractivity contribution in [3.63, 3.8) is 0 Å². The number of nitrogens with one attached hydrogen (secondary N) is 2. The van der Waals surface area contributed by atoms with E-state index in [1.807, 2.05) is 0 Å². The average Bonchev–Trinajstić information content (AvgIpc) is 2.42. The molecule has 0 aromatic heterocycles. The Morgan fingerprint density at radius 2 is 1.89 bits per heavy atom. The zero-order valence-electron chi connectivity index (χ0n) is 12.6. The van der Waals surface area contributed by atoms with Gasteiger partial charge in [-0.25, -0.2) is 0 Å². The standard InChI is InChI=1S/C14H29N3O2/c1-4-6-11-16-14(15-5-2)17-12-9-7-8-10-13(18)19-3/h4-12H2,1-3H3,(H2,15,16,17). The number of ether oxygens (including phenoxy) is 1. The summed E-state index contributed by atoms with van der Waals surface area (Å²) in [6.45, 7) is 6.87. The molecule has 0 aromatic rings. The number of methoxy groups -OCH3 is 1. The summed E-state index contributed by atoms with van der Waals surface area (Å²) in [5, 5.41) is 6.53. The number of hydrogen-bond donors (Lipinski definition) is 2. The lowest BCUT2D eigenvalue weighted by Gasteiger charge is -2.10. The number of nitrogens with zero attached hydrogens (tertiary/aromatic N) is 1. The zero-order chi connectivity index (χ0) is 14.3. The van der Waals surface area contributed by atoms with Crippen molar-refractivity contribution in [2.24, 2.45) is 4.99 Å². The van der Waals surface area contributed by atoms with Crippen molar-refractivity contribution in [2.45, 2.75) is 52.4 Å². The summed E-state index contributed by atoms with van der Waals surface area (Å²) in [5.41, 5.74) is 0. The van der Waals surface area contributed by atoms with Crippen LogP contribution in [0.4, 0.5) is 0 Å². The van der Waals surface area contributed by atoms with E-state index in [-0.39, 0.29) is 5.97 Å². The van der Waals surface area contributed by atoms with Crippen molar-refractivity contribution in [1.29, 1.82) is 0 Å². The van der Waals surface area contributed by atoms with Crippen molar-refractivity contribution in [3.05, 3.63) is 0 Å². The fourth-order valence-electron chi connectivity index (χ4n) is 1.58. The van der Waals surface area contributed by atoms with Crippen molar-refractivity contribution < 1.29 is 9.53 Å². The second-order valence-electron chi connectivity index (χ2n) is 4.43. The van der Waals surface area contributed by atoms with E-state index >= 15 is 0 Å². The number of hydrogen-bond acceptors (Lipinski definition) is 3. The fourth-order valence-corrected chi connectivity index (χ4v) is 1.58. The molecule has 0 unspecified atom stereocenters. The van der Waals surface area contributed by atoms with Gasteiger partial charge in [0.15, 0.2) is 5.96 Å². The number of esters is 1. The normalized spacial score (nSPS) is 11.2. The number of aliphatic imine (C=N–C) groups is 1. The molecule has 0 aliphatic rings. The second-order valence-corrected chi connectivity index (χ2v) is 4.43. The number of guanidine groups is 1. The Morgan fingerprint density at radius 1 is 1.11 bits per heavy atom. The van der Waals surface area contributed by atoms with Crippen molar-refractivity contribution >= 4 is 11.9 Å². The van der Waals surface area contributed by atoms with Crippen molar-refractivity contribution in [1.82, 2.24) is 10.6 Å². The molecule has 19 heavy (non-hydrogen) atoms. The first kappa shape index (κ1) is 17.7. The zero-order valence-corrected chi connectivity index (χ0v) is 12.6. The molecule has 0 rings (SSSR count). The van der Waals surface area contributed by atoms with Crippen molar-refractivity contribution in [3.8, 4) is 0 Å². The van der Waals surface area contributed by atoms with E-state index in [1.165, 1.54) is 13.5 Å². The Kier molecular flexibility index (Phi) is 12.3. The van der Waals surface area contributed by atoms with Gasteiger partial charge < -0.3 is 15.4 Å². The molecule has 0 aliphatic carbocycles. The van der Waals surface area contributed by atoms with Crippen LogP contribution in [0.15, 0.2) is 4.99 Å². The van der Waals surface area contributed by atoms with Gasteiger partial charge in [-0.05, 0) is 26.2 Å². The Labute approximate surface area is 117 Å². The minimum atomic E-state index is -0.127. The minimum absolute atomic E-state index is 0.127. The largest absolute Gasteiger partial charge is 0.469 e. The molecule has 0 amide bonds. The quantitative estimate of drug-likeness (QED) is 0.276. The van der Waals surface area contributed by atoms with E-state index in [9.17, 15) is 4.79 Å². The van der Waals surface area contributed by atoms with Gasteiger partial charge in [0, 0.05) is 26.1 Å². The molecule has 112 valence electrons. The Balaban J connectivity index is 3.68. The summed E-state index contributed by atoms with van der Waals surface area (Å²) in [6.07, 6.45) is 5.73. The van der Waals surface area contributed by atoms with Crippen LogP contribution in [-0.2, 0) is 9.53 Å². The highest BCUT2D eigenvalue weighted by Gasteiger charge is 1.99. The number of rotatable bonds is 10. The van der Waals surface area contributed by atoms with Crippen LogP contribution >= 0.6 is 0 Å². The van der Waals surface area contributed by atoms with Gasteiger partial charge in [0.05, 0.1) is 7.11 Å². The summed E-state index contributed by atoms with van der Waals surface area (Å²) in [4.78, 5) is 15.4. The molecule has 0 saturated carbocycles. The average molecular weight is 271 g/mol. The molecular weight excluding hydrogens is 242 g/mol. The molecule has 0 fully saturated rings. The van der Waals surface area contributed by atoms with Gasteiger partial charge in [0.25, 0.3) is 0 Å². The second kappa shape index (κ2) is 13.2. The molecule has 0 bridgehead atoms. The van der Waals surface area contributed by atoms with E-state index in [0.29, 0.717) is 6.42 Å². The minimum Gasteiger partial charge on any atom is -0.469 e. The number of carbonyl (C=O) groups is 1. The highest BCUT2D eigenvalue weighted by atomic mass is 16.5. The van der Waals surface area contributed by atoms with Gasteiger partial charge in [-0.15, -0.1) is 0 Å². The smallest absolute Gasteiger partial charge is 0.305 e. The van der Waals surface area contributed by atoms with E-state index < -0.39 is 0 Å². The summed E-state index contributed by atoms with van der Waals surface area (Å²) in [6, 6.07) is 0. The monoisotopic (exact) mass is 271 g/mol. The highest BCUT2D eigenvalue weighted by Crippen LogP contribution is 2.01. The summed E-state index contributed by atoms with van der Waals surface area (Å²) >= 11 is 0. The maximum atomic E-state index is 10.9. The summed E-state index contributed by atoms with van der Waals surface area (Å²) in [5.74, 6) is 0.766. The van der Waals surface area contributed by atoms with Gasteiger partial charge >= 0.3 is 5.97 Å². The predicted molar refractivity (Wildman–Crippen MR) is 79.4 cm³/mol. The van der Waals surface area contributed by atoms with Crippen LogP contribution < -0.4 is 10.6 Å². The van der Waals surface area contributed by atoms with E-state index in [1.54, 1.807) is 0 Å². The third kappa shape index (κ3) is 11.6. The predicted octanol–water partition coefficient (Wildman–Crippen LogP) is 2.08. The number of carbonyl (C=O) groups excluding carboxylic acids is 1. The first-order valence-corrected chi connectivity index (χ1v) is 7.33. The van der Waals surface area contributed by atoms with Crippen LogP contribution in [0.3, 0.4) is 0 Å². The van der Waals surface area contributed by atoms with Gasteiger partial charge in [-0.3, -0.25) is 9.79 Å². The fraction of sp³-hybridized carbons (Fsp3) is 0.857. The molecule has 0 spiro atoms. The topological polar surface area (TPSA) is 62.7 Å². The van der Waals surface area contributed by atoms with Crippen LogP contribution in [0.2, 0.25) is 0 Å². The molecule has 5 heteroatoms. The summed E-state index contributed by atoms with van der Waals surface area (Å²) < 4.78 is 4.60. The molecule has 0 saturated heterocycles. The Bertz CT molecular complexity index is 255. The third-order valence-electron chi connectivity index (χ3n) is 2.70. The van der Waals surface area contributed by atoms with Crippen molar-refractivity contribution in [2.75, 3.05) is 26.7 Å². The SMILES string of the molecule is CCCCNC(=NCCCCCC(=O)OC)NCC. The van der Waals surface area contributed by atoms with Gasteiger partial charge in [-0.2, -0.15) is 0 Å². The molecule has 0 aliphatic heterocycles. The molecule has 0 heterocycles. The van der Waals surface area contributed by atoms with Crippen LogP contribution in [0, 0.1) is 0 Å². The number of unbranched alkanes of at least 4 members (excludes halogenated alkanes) is 3. The first-order chi connectivity index (χ1) is 9.24. The van der Waals surface area contributed by atoms with E-state index in [0.717, 1.165) is 51.3 Å². The van der Waals surface area contributed by atoms with Gasteiger partial charge in [0.1, 0.15) is 0 Å². The van der Waals surface area contributed by atoms with Crippen LogP contribution in [0.1, 0.15) is 52.4 Å². The molecule has 0 radical (unpaired) electrons. The van der Waals surface area contributed by atoms with Gasteiger partial charge in [0.2, 0.25) is 0 Å². The Hall–Kier alpha value is -1.26. The molecule has 0 aromatic carbocycles. The van der Waals surface area contributed by atoms with E-state index in [2.05, 4.69) is 34.2 Å². The lowest BCUT2D eigenvalue weighted by Crippen LogP contribution is -2.37. The Morgan fingerprint density at radius 3 is 2.53 bits per heavy atom. The lowest BCUT2D eigenvalue weighted by atomic mass is 10.2. The lowest BCUT2D eigenvalue weighted by molar-refractivity contribution is -0.140. The first-order valence-electron chi connectivity index (χ1n) is 7.33. The highest BCUT2D eigenvalue weighted by molar-refractivity contribution is 5.79. The van der Waals surface area contributed by atoms with Crippen LogP contribution in [-0.4, -0.2) is 38.7 Å². The van der Waals surface area contributed by atoms with Crippen LogP contribution in [0.5, 0.6) is 0 Å². The maximum Gasteiger partial charge on any atom is 0.305 e. The molecule has 2 N–H and O–H groups in total. The molecular formula is C14H29N3O2. The van der Waals surface area contributed by atoms with Crippen LogP contribution in [0.25, 0.3) is 0 Å². The molecule has 0 atom stereocenters. The van der Waals surface area contributed by atoms with Gasteiger partial charge in [-0.1, -0.05) is 19.8 Å². The third-order valence-corrected chi connectivity index (χ3v) is 2.70. The van der Waals surface area contributed by atoms with E-state index in [4.69, 9.17) is 0 Å². The maximum absolute atomic E-state index is 10.9.